The van der Waals surface area contributed by atoms with Gasteiger partial charge in [-0.15, -0.1) is 0 Å². The van der Waals surface area contributed by atoms with Crippen molar-refractivity contribution in [3.63, 3.8) is 0 Å². The quantitative estimate of drug-likeness (QED) is 0.421. The Morgan fingerprint density at radius 2 is 2.11 bits per heavy atom. The highest BCUT2D eigenvalue weighted by Crippen LogP contribution is 2.33. The summed E-state index contributed by atoms with van der Waals surface area (Å²) in [5.74, 6) is -1.28. The molecule has 18 heavy (non-hydrogen) atoms. The van der Waals surface area contributed by atoms with Crippen LogP contribution in [0.1, 0.15) is 16.6 Å². The van der Waals surface area contributed by atoms with E-state index in [4.69, 9.17) is 15.6 Å². The van der Waals surface area contributed by atoms with Crippen molar-refractivity contribution in [3.8, 4) is 5.88 Å². The van der Waals surface area contributed by atoms with Gasteiger partial charge in [-0.3, -0.25) is 9.36 Å². The zero-order valence-corrected chi connectivity index (χ0v) is 9.30. The maximum atomic E-state index is 11.0. The number of amides is 1. The van der Waals surface area contributed by atoms with Gasteiger partial charge in [0.15, 0.2) is 6.23 Å². The first-order chi connectivity index (χ1) is 8.47. The summed E-state index contributed by atoms with van der Waals surface area (Å²) >= 11 is 0. The zero-order chi connectivity index (χ0) is 13.4. The van der Waals surface area contributed by atoms with E-state index in [1.165, 1.54) is 12.3 Å². The van der Waals surface area contributed by atoms with Gasteiger partial charge in [-0.1, -0.05) is 0 Å². The van der Waals surface area contributed by atoms with Crippen molar-refractivity contribution in [2.75, 3.05) is 6.61 Å². The zero-order valence-electron chi connectivity index (χ0n) is 9.30. The minimum Gasteiger partial charge on any atom is -0.494 e. The fourth-order valence-electron chi connectivity index (χ4n) is 1.95. The summed E-state index contributed by atoms with van der Waals surface area (Å²) in [5, 5.41) is 38.0. The number of rotatable bonds is 3. The SMILES string of the molecule is NC(=O)c1ccn(C2OC(CO)C(O)C2O)c1O. The standard InChI is InChI=1S/C10H14N2O6/c11-8(16)4-1-2-12(9(4)17)10-7(15)6(14)5(3-13)18-10/h1-2,5-7,10,13-15,17H,3H2,(H2,11,16). The molecule has 8 heteroatoms. The van der Waals surface area contributed by atoms with Gasteiger partial charge in [0.2, 0.25) is 5.88 Å². The highest BCUT2D eigenvalue weighted by atomic mass is 16.6. The highest BCUT2D eigenvalue weighted by molar-refractivity contribution is 5.95. The number of aromatic hydroxyl groups is 1. The molecule has 0 bridgehead atoms. The lowest BCUT2D eigenvalue weighted by molar-refractivity contribution is -0.0551. The molecule has 1 aromatic heterocycles. The van der Waals surface area contributed by atoms with Crippen LogP contribution in [0.25, 0.3) is 0 Å². The van der Waals surface area contributed by atoms with Crippen molar-refractivity contribution in [2.45, 2.75) is 24.5 Å². The second-order valence-corrected chi connectivity index (χ2v) is 4.05. The van der Waals surface area contributed by atoms with Gasteiger partial charge in [-0.2, -0.15) is 0 Å². The lowest BCUT2D eigenvalue weighted by Gasteiger charge is -2.17. The fraction of sp³-hybridized carbons (Fsp3) is 0.500. The molecule has 8 nitrogen and oxygen atoms in total. The Labute approximate surface area is 102 Å². The van der Waals surface area contributed by atoms with Crippen LogP contribution in [0.2, 0.25) is 0 Å². The molecule has 0 saturated carbocycles. The number of carbonyl (C=O) groups is 1. The average molecular weight is 258 g/mol. The van der Waals surface area contributed by atoms with E-state index in [1.54, 1.807) is 0 Å². The predicted octanol–water partition coefficient (Wildman–Crippen LogP) is -2.10. The summed E-state index contributed by atoms with van der Waals surface area (Å²) in [4.78, 5) is 11.0. The largest absolute Gasteiger partial charge is 0.494 e. The number of aliphatic hydroxyl groups excluding tert-OH is 3. The Morgan fingerprint density at radius 3 is 2.56 bits per heavy atom. The van der Waals surface area contributed by atoms with Crippen LogP contribution in [0.3, 0.4) is 0 Å². The van der Waals surface area contributed by atoms with Crippen molar-refractivity contribution in [3.05, 3.63) is 17.8 Å². The average Bonchev–Trinajstić information content (AvgIpc) is 2.82. The van der Waals surface area contributed by atoms with Crippen LogP contribution >= 0.6 is 0 Å². The maximum absolute atomic E-state index is 11.0. The molecule has 6 N–H and O–H groups in total. The van der Waals surface area contributed by atoms with Crippen LogP contribution in [0, 0.1) is 0 Å². The van der Waals surface area contributed by atoms with Crippen LogP contribution in [0.5, 0.6) is 5.88 Å². The molecule has 1 aliphatic heterocycles. The molecule has 0 aliphatic carbocycles. The van der Waals surface area contributed by atoms with Gasteiger partial charge in [-0.05, 0) is 6.07 Å². The van der Waals surface area contributed by atoms with Gasteiger partial charge in [-0.25, -0.2) is 0 Å². The second kappa shape index (κ2) is 4.58. The first-order valence-corrected chi connectivity index (χ1v) is 5.29. The van der Waals surface area contributed by atoms with Gasteiger partial charge in [0.25, 0.3) is 5.91 Å². The number of hydrogen-bond donors (Lipinski definition) is 5. The van der Waals surface area contributed by atoms with E-state index in [-0.39, 0.29) is 5.56 Å². The van der Waals surface area contributed by atoms with Gasteiger partial charge in [0.05, 0.1) is 6.61 Å². The van der Waals surface area contributed by atoms with Crippen molar-refractivity contribution >= 4 is 5.91 Å². The van der Waals surface area contributed by atoms with Crippen LogP contribution in [-0.2, 0) is 4.74 Å². The van der Waals surface area contributed by atoms with E-state index < -0.39 is 42.9 Å². The number of nitrogens with two attached hydrogens (primary N) is 1. The predicted molar refractivity (Wildman–Crippen MR) is 57.6 cm³/mol. The molecular weight excluding hydrogens is 244 g/mol. The first-order valence-electron chi connectivity index (χ1n) is 5.29. The Balaban J connectivity index is 2.30. The molecule has 1 aromatic rings. The molecule has 0 aromatic carbocycles. The van der Waals surface area contributed by atoms with E-state index in [2.05, 4.69) is 0 Å². The Morgan fingerprint density at radius 1 is 1.44 bits per heavy atom. The monoisotopic (exact) mass is 258 g/mol. The maximum Gasteiger partial charge on any atom is 0.254 e. The van der Waals surface area contributed by atoms with E-state index in [0.29, 0.717) is 0 Å². The van der Waals surface area contributed by atoms with E-state index in [1.807, 2.05) is 0 Å². The van der Waals surface area contributed by atoms with Gasteiger partial charge in [0.1, 0.15) is 23.9 Å². The van der Waals surface area contributed by atoms with Crippen LogP contribution in [0.4, 0.5) is 0 Å². The summed E-state index contributed by atoms with van der Waals surface area (Å²) in [6.45, 7) is -0.473. The lowest BCUT2D eigenvalue weighted by atomic mass is 10.1. The van der Waals surface area contributed by atoms with Crippen molar-refractivity contribution in [1.29, 1.82) is 0 Å². The third kappa shape index (κ3) is 1.85. The number of aliphatic hydroxyl groups is 3. The van der Waals surface area contributed by atoms with E-state index >= 15 is 0 Å². The third-order valence-electron chi connectivity index (χ3n) is 2.94. The molecule has 100 valence electrons. The number of carbonyl (C=O) groups excluding carboxylic acids is 1. The number of hydrogen-bond acceptors (Lipinski definition) is 6. The Kier molecular flexibility index (Phi) is 3.26. The second-order valence-electron chi connectivity index (χ2n) is 4.05. The van der Waals surface area contributed by atoms with Crippen LogP contribution < -0.4 is 5.73 Å². The van der Waals surface area contributed by atoms with Crippen molar-refractivity contribution in [2.24, 2.45) is 5.73 Å². The number of ether oxygens (including phenoxy) is 1. The summed E-state index contributed by atoms with van der Waals surface area (Å²) < 4.78 is 6.27. The first kappa shape index (κ1) is 12.8. The number of nitrogens with zero attached hydrogens (tertiary/aromatic N) is 1. The van der Waals surface area contributed by atoms with Crippen molar-refractivity contribution in [1.82, 2.24) is 4.57 Å². The van der Waals surface area contributed by atoms with Crippen LogP contribution in [-0.4, -0.2) is 55.8 Å². The number of aromatic nitrogens is 1. The van der Waals surface area contributed by atoms with Gasteiger partial charge < -0.3 is 30.9 Å². The highest BCUT2D eigenvalue weighted by Gasteiger charge is 2.44. The lowest BCUT2D eigenvalue weighted by Crippen LogP contribution is -2.33. The van der Waals surface area contributed by atoms with Gasteiger partial charge in [0, 0.05) is 6.20 Å². The van der Waals surface area contributed by atoms with Gasteiger partial charge >= 0.3 is 0 Å². The van der Waals surface area contributed by atoms with E-state index in [0.717, 1.165) is 4.57 Å². The molecule has 0 radical (unpaired) electrons. The summed E-state index contributed by atoms with van der Waals surface area (Å²) in [6, 6.07) is 1.27. The Hall–Kier alpha value is -1.61. The smallest absolute Gasteiger partial charge is 0.254 e. The van der Waals surface area contributed by atoms with Crippen molar-refractivity contribution < 1.29 is 30.0 Å². The topological polar surface area (TPSA) is 138 Å². The molecule has 0 spiro atoms. The summed E-state index contributed by atoms with van der Waals surface area (Å²) in [5.41, 5.74) is 4.92. The van der Waals surface area contributed by atoms with E-state index in [9.17, 15) is 20.1 Å². The summed E-state index contributed by atoms with van der Waals surface area (Å²) in [7, 11) is 0. The molecule has 1 amide bonds. The number of primary amides is 1. The molecular formula is C10H14N2O6. The summed E-state index contributed by atoms with van der Waals surface area (Å²) in [6.07, 6.45) is -3.36. The normalized spacial score (nSPS) is 31.7. The molecule has 1 saturated heterocycles. The minimum absolute atomic E-state index is 0.118. The molecule has 1 aliphatic rings. The fourth-order valence-corrected chi connectivity index (χ4v) is 1.95. The minimum atomic E-state index is -1.33. The molecule has 4 atom stereocenters. The molecule has 2 rings (SSSR count). The molecule has 1 fully saturated rings. The third-order valence-corrected chi connectivity index (χ3v) is 2.94. The van der Waals surface area contributed by atoms with Crippen LogP contribution in [0.15, 0.2) is 12.3 Å². The molecule has 2 heterocycles. The molecule has 4 unspecified atom stereocenters. The Bertz CT molecular complexity index is 459.